The lowest BCUT2D eigenvalue weighted by atomic mass is 10.3. The summed E-state index contributed by atoms with van der Waals surface area (Å²) >= 11 is 0. The monoisotopic (exact) mass is 234 g/mol. The highest BCUT2D eigenvalue weighted by Crippen LogP contribution is 2.17. The highest BCUT2D eigenvalue weighted by Gasteiger charge is 2.27. The Hall–Kier alpha value is -0.750. The van der Waals surface area contributed by atoms with Gasteiger partial charge in [-0.1, -0.05) is 13.3 Å². The molecular weight excluding hydrogens is 216 g/mol. The molecule has 0 spiro atoms. The third-order valence-electron chi connectivity index (χ3n) is 2.16. The van der Waals surface area contributed by atoms with Crippen LogP contribution in [-0.4, -0.2) is 44.4 Å². The fourth-order valence-electron chi connectivity index (χ4n) is 1.38. The second-order valence-electron chi connectivity index (χ2n) is 3.68. The summed E-state index contributed by atoms with van der Waals surface area (Å²) in [7, 11) is -1.63. The molecular formula is C9H18N2O3S. The molecule has 0 aliphatic carbocycles. The van der Waals surface area contributed by atoms with Crippen molar-refractivity contribution in [3.05, 3.63) is 12.4 Å². The number of unbranched alkanes of at least 4 members (excludes halogenated alkanes) is 1. The zero-order valence-electron chi connectivity index (χ0n) is 9.38. The zero-order valence-corrected chi connectivity index (χ0v) is 10.2. The molecule has 1 aliphatic rings. The SMILES string of the molecule is CCCCN1C=CN(C)C1OS(C)(=O)=O. The van der Waals surface area contributed by atoms with E-state index in [-0.39, 0.29) is 0 Å². The third kappa shape index (κ3) is 3.71. The minimum atomic E-state index is -3.42. The number of rotatable bonds is 5. The van der Waals surface area contributed by atoms with E-state index in [1.165, 1.54) is 0 Å². The fraction of sp³-hybridized carbons (Fsp3) is 0.778. The van der Waals surface area contributed by atoms with Gasteiger partial charge in [0.1, 0.15) is 0 Å². The van der Waals surface area contributed by atoms with Gasteiger partial charge in [0, 0.05) is 26.0 Å². The Balaban J connectivity index is 2.59. The second-order valence-corrected chi connectivity index (χ2v) is 5.28. The quantitative estimate of drug-likeness (QED) is 0.657. The first kappa shape index (κ1) is 12.3. The van der Waals surface area contributed by atoms with Crippen LogP contribution >= 0.6 is 0 Å². The minimum absolute atomic E-state index is 0.522. The van der Waals surface area contributed by atoms with Crippen LogP contribution in [0.25, 0.3) is 0 Å². The Morgan fingerprint density at radius 1 is 1.40 bits per heavy atom. The van der Waals surface area contributed by atoms with Gasteiger partial charge in [0.15, 0.2) is 0 Å². The van der Waals surface area contributed by atoms with Crippen LogP contribution in [0.15, 0.2) is 12.4 Å². The second kappa shape index (κ2) is 4.85. The third-order valence-corrected chi connectivity index (χ3v) is 2.68. The van der Waals surface area contributed by atoms with Crippen molar-refractivity contribution < 1.29 is 12.6 Å². The smallest absolute Gasteiger partial charge is 0.267 e. The van der Waals surface area contributed by atoms with Gasteiger partial charge in [-0.05, 0) is 6.42 Å². The zero-order chi connectivity index (χ0) is 11.5. The van der Waals surface area contributed by atoms with Gasteiger partial charge in [-0.3, -0.25) is 0 Å². The summed E-state index contributed by atoms with van der Waals surface area (Å²) < 4.78 is 27.1. The predicted octanol–water partition coefficient (Wildman–Crippen LogP) is 0.765. The van der Waals surface area contributed by atoms with Crippen LogP contribution in [0.1, 0.15) is 19.8 Å². The first-order valence-corrected chi connectivity index (χ1v) is 6.80. The topological polar surface area (TPSA) is 49.9 Å². The van der Waals surface area contributed by atoms with E-state index in [0.717, 1.165) is 25.6 Å². The molecule has 0 saturated carbocycles. The average molecular weight is 234 g/mol. The lowest BCUT2D eigenvalue weighted by Crippen LogP contribution is -2.40. The fourth-order valence-corrected chi connectivity index (χ4v) is 1.94. The van der Waals surface area contributed by atoms with Gasteiger partial charge in [-0.25, -0.2) is 4.18 Å². The largest absolute Gasteiger partial charge is 0.336 e. The van der Waals surface area contributed by atoms with Crippen LogP contribution in [0.2, 0.25) is 0 Å². The summed E-state index contributed by atoms with van der Waals surface area (Å²) in [6.45, 7) is 2.90. The van der Waals surface area contributed by atoms with E-state index in [2.05, 4.69) is 6.92 Å². The maximum absolute atomic E-state index is 11.0. The van der Waals surface area contributed by atoms with Crippen molar-refractivity contribution in [3.8, 4) is 0 Å². The molecule has 0 amide bonds. The minimum Gasteiger partial charge on any atom is -0.336 e. The van der Waals surface area contributed by atoms with Gasteiger partial charge in [0.05, 0.1) is 6.26 Å². The van der Waals surface area contributed by atoms with E-state index in [9.17, 15) is 8.42 Å². The summed E-state index contributed by atoms with van der Waals surface area (Å²) in [5, 5.41) is 0. The molecule has 1 unspecified atom stereocenters. The molecule has 1 aliphatic heterocycles. The molecule has 0 bridgehead atoms. The van der Waals surface area contributed by atoms with Gasteiger partial charge in [-0.15, -0.1) is 0 Å². The van der Waals surface area contributed by atoms with Crippen LogP contribution < -0.4 is 0 Å². The van der Waals surface area contributed by atoms with Crippen molar-refractivity contribution in [2.24, 2.45) is 0 Å². The Labute approximate surface area is 91.4 Å². The van der Waals surface area contributed by atoms with Gasteiger partial charge in [-0.2, -0.15) is 8.42 Å². The molecule has 6 heteroatoms. The van der Waals surface area contributed by atoms with E-state index in [1.54, 1.807) is 11.9 Å². The van der Waals surface area contributed by atoms with E-state index in [4.69, 9.17) is 4.18 Å². The maximum Gasteiger partial charge on any atom is 0.267 e. The predicted molar refractivity (Wildman–Crippen MR) is 58.2 cm³/mol. The molecule has 0 N–H and O–H groups in total. The van der Waals surface area contributed by atoms with Crippen LogP contribution in [0.5, 0.6) is 0 Å². The maximum atomic E-state index is 11.0. The molecule has 0 aromatic heterocycles. The summed E-state index contributed by atoms with van der Waals surface area (Å²) in [5.74, 6) is 0. The molecule has 0 fully saturated rings. The Morgan fingerprint density at radius 2 is 2.07 bits per heavy atom. The molecule has 1 rings (SSSR count). The van der Waals surface area contributed by atoms with Gasteiger partial charge < -0.3 is 9.80 Å². The molecule has 5 nitrogen and oxygen atoms in total. The average Bonchev–Trinajstić information content (AvgIpc) is 2.43. The highest BCUT2D eigenvalue weighted by molar-refractivity contribution is 7.86. The molecule has 1 atom stereocenters. The Kier molecular flexibility index (Phi) is 3.98. The van der Waals surface area contributed by atoms with Crippen molar-refractivity contribution in [2.75, 3.05) is 19.8 Å². The van der Waals surface area contributed by atoms with Gasteiger partial charge in [0.2, 0.25) is 6.35 Å². The normalized spacial score (nSPS) is 21.4. The van der Waals surface area contributed by atoms with Crippen molar-refractivity contribution >= 4 is 10.1 Å². The molecule has 1 heterocycles. The van der Waals surface area contributed by atoms with Crippen molar-refractivity contribution in [1.82, 2.24) is 9.80 Å². The Bertz CT molecular complexity index is 326. The van der Waals surface area contributed by atoms with Crippen molar-refractivity contribution in [1.29, 1.82) is 0 Å². The van der Waals surface area contributed by atoms with E-state index < -0.39 is 16.5 Å². The highest BCUT2D eigenvalue weighted by atomic mass is 32.2. The Morgan fingerprint density at radius 3 is 2.60 bits per heavy atom. The van der Waals surface area contributed by atoms with Crippen LogP contribution in [0.3, 0.4) is 0 Å². The van der Waals surface area contributed by atoms with E-state index >= 15 is 0 Å². The standard InChI is InChI=1S/C9H18N2O3S/c1-4-5-6-11-8-7-10(2)9(11)14-15(3,12)13/h7-9H,4-6H2,1-3H3. The van der Waals surface area contributed by atoms with Crippen molar-refractivity contribution in [3.63, 3.8) is 0 Å². The van der Waals surface area contributed by atoms with Crippen LogP contribution in [0.4, 0.5) is 0 Å². The van der Waals surface area contributed by atoms with Gasteiger partial charge in [0.25, 0.3) is 10.1 Å². The molecule has 0 aromatic rings. The van der Waals surface area contributed by atoms with Crippen LogP contribution in [0, 0.1) is 0 Å². The van der Waals surface area contributed by atoms with E-state index in [0.29, 0.717) is 0 Å². The van der Waals surface area contributed by atoms with Crippen LogP contribution in [-0.2, 0) is 14.3 Å². The molecule has 0 radical (unpaired) electrons. The summed E-state index contributed by atoms with van der Waals surface area (Å²) in [6.07, 6.45) is 6.29. The number of hydrogen-bond acceptors (Lipinski definition) is 5. The first-order chi connectivity index (χ1) is 6.94. The summed E-state index contributed by atoms with van der Waals surface area (Å²) in [4.78, 5) is 3.61. The van der Waals surface area contributed by atoms with E-state index in [1.807, 2.05) is 17.3 Å². The lowest BCUT2D eigenvalue weighted by Gasteiger charge is -2.28. The van der Waals surface area contributed by atoms with Gasteiger partial charge >= 0.3 is 0 Å². The lowest BCUT2D eigenvalue weighted by molar-refractivity contribution is -0.00812. The van der Waals surface area contributed by atoms with Crippen molar-refractivity contribution in [2.45, 2.75) is 26.1 Å². The first-order valence-electron chi connectivity index (χ1n) is 4.98. The number of nitrogens with zero attached hydrogens (tertiary/aromatic N) is 2. The molecule has 0 aromatic carbocycles. The summed E-state index contributed by atoms with van der Waals surface area (Å²) in [6, 6.07) is 0. The summed E-state index contributed by atoms with van der Waals surface area (Å²) in [5.41, 5.74) is 0. The molecule has 0 saturated heterocycles. The molecule has 88 valence electrons. The molecule has 15 heavy (non-hydrogen) atoms. The number of hydrogen-bond donors (Lipinski definition) is 0.